The highest BCUT2D eigenvalue weighted by atomic mass is 19.1. The fourth-order valence-corrected chi connectivity index (χ4v) is 6.04. The van der Waals surface area contributed by atoms with Crippen LogP contribution in [0.25, 0.3) is 0 Å². The van der Waals surface area contributed by atoms with Crippen molar-refractivity contribution in [2.24, 2.45) is 5.92 Å². The second-order valence-electron chi connectivity index (χ2n) is 12.9. The Labute approximate surface area is 260 Å². The number of hydrogen-bond donors (Lipinski definition) is 3. The van der Waals surface area contributed by atoms with Crippen LogP contribution in [0, 0.1) is 11.7 Å². The van der Waals surface area contributed by atoms with E-state index in [1.807, 2.05) is 0 Å². The summed E-state index contributed by atoms with van der Waals surface area (Å²) in [7, 11) is 0. The summed E-state index contributed by atoms with van der Waals surface area (Å²) in [5.74, 6) is -3.42. The monoisotopic (exact) mass is 630 g/mol. The minimum atomic E-state index is -1.54. The lowest BCUT2D eigenvalue weighted by molar-refractivity contribution is -0.145. The molecule has 2 fully saturated rings. The van der Waals surface area contributed by atoms with Gasteiger partial charge in [0.1, 0.15) is 35.1 Å². The number of amides is 4. The quantitative estimate of drug-likeness (QED) is 0.426. The van der Waals surface area contributed by atoms with Gasteiger partial charge in [-0.05, 0) is 51.7 Å². The van der Waals surface area contributed by atoms with E-state index >= 15 is 0 Å². The van der Waals surface area contributed by atoms with E-state index in [9.17, 15) is 33.5 Å². The molecule has 1 saturated heterocycles. The maximum atomic E-state index is 14.3. The summed E-state index contributed by atoms with van der Waals surface area (Å²) < 4.78 is 31.0. The number of nitrogens with one attached hydrogen (secondary N) is 2. The maximum Gasteiger partial charge on any atom is 0.410 e. The van der Waals surface area contributed by atoms with Gasteiger partial charge in [-0.15, -0.1) is 0 Å². The lowest BCUT2D eigenvalue weighted by Gasteiger charge is -2.30. The summed E-state index contributed by atoms with van der Waals surface area (Å²) in [5.41, 5.74) is -1.32. The molecule has 0 bridgehead atoms. The smallest absolute Gasteiger partial charge is 0.410 e. The molecule has 3 heterocycles. The number of fused-ring (bicyclic) bond motifs is 3. The van der Waals surface area contributed by atoms with Crippen molar-refractivity contribution in [1.29, 1.82) is 0 Å². The average Bonchev–Trinajstić information content (AvgIpc) is 3.27. The van der Waals surface area contributed by atoms with Crippen molar-refractivity contribution >= 4 is 30.0 Å². The van der Waals surface area contributed by atoms with Gasteiger partial charge in [0.25, 0.3) is 0 Å². The number of aliphatic carboxylic acids is 1. The van der Waals surface area contributed by atoms with Gasteiger partial charge in [0.15, 0.2) is 0 Å². The number of nitrogens with zero attached hydrogens (tertiary/aromatic N) is 2. The highest BCUT2D eigenvalue weighted by Gasteiger charge is 2.61. The van der Waals surface area contributed by atoms with E-state index in [4.69, 9.17) is 14.2 Å². The van der Waals surface area contributed by atoms with E-state index in [0.717, 1.165) is 0 Å². The molecular formula is C31H39FN4O9. The van der Waals surface area contributed by atoms with Crippen LogP contribution in [0.3, 0.4) is 0 Å². The van der Waals surface area contributed by atoms with Gasteiger partial charge in [-0.1, -0.05) is 24.3 Å². The predicted molar refractivity (Wildman–Crippen MR) is 155 cm³/mol. The van der Waals surface area contributed by atoms with E-state index in [2.05, 4.69) is 10.6 Å². The molecule has 4 aliphatic rings. The Morgan fingerprint density at radius 2 is 1.98 bits per heavy atom. The molecule has 1 aromatic carbocycles. The number of halogens is 1. The summed E-state index contributed by atoms with van der Waals surface area (Å²) >= 11 is 0. The van der Waals surface area contributed by atoms with Crippen LogP contribution in [0.2, 0.25) is 0 Å². The van der Waals surface area contributed by atoms with Crippen molar-refractivity contribution in [3.8, 4) is 0 Å². The number of carboxylic acid groups (broad SMARTS) is 1. The minimum absolute atomic E-state index is 0.0140. The van der Waals surface area contributed by atoms with Crippen LogP contribution in [-0.2, 0) is 41.7 Å². The summed E-state index contributed by atoms with van der Waals surface area (Å²) in [6.45, 7) is 5.51. The summed E-state index contributed by atoms with van der Waals surface area (Å²) in [4.78, 5) is 68.3. The molecule has 14 heteroatoms. The van der Waals surface area contributed by atoms with Crippen LogP contribution >= 0.6 is 0 Å². The first-order valence-electron chi connectivity index (χ1n) is 15.1. The summed E-state index contributed by atoms with van der Waals surface area (Å²) in [6.07, 6.45) is 1.52. The molecule has 1 aromatic rings. The topological polar surface area (TPSA) is 164 Å². The first-order valence-corrected chi connectivity index (χ1v) is 15.1. The number of carbonyl (C=O) groups is 5. The van der Waals surface area contributed by atoms with Crippen molar-refractivity contribution < 1.29 is 47.7 Å². The Morgan fingerprint density at radius 1 is 1.20 bits per heavy atom. The fourth-order valence-electron chi connectivity index (χ4n) is 6.04. The lowest BCUT2D eigenvalue weighted by Crippen LogP contribution is -2.56. The van der Waals surface area contributed by atoms with Crippen LogP contribution in [-0.4, -0.2) is 94.0 Å². The Kier molecular flexibility index (Phi) is 9.06. The molecule has 0 aromatic heterocycles. The molecule has 244 valence electrons. The highest BCUT2D eigenvalue weighted by Crippen LogP contribution is 2.45. The Bertz CT molecular complexity index is 1400. The summed E-state index contributed by atoms with van der Waals surface area (Å²) in [6, 6.07) is 2.31. The third-order valence-electron chi connectivity index (χ3n) is 8.40. The average molecular weight is 631 g/mol. The molecule has 45 heavy (non-hydrogen) atoms. The summed E-state index contributed by atoms with van der Waals surface area (Å²) in [5, 5.41) is 15.2. The van der Waals surface area contributed by atoms with Crippen LogP contribution in [0.1, 0.15) is 57.6 Å². The number of rotatable bonds is 3. The van der Waals surface area contributed by atoms with Crippen LogP contribution in [0.4, 0.5) is 14.0 Å². The number of benzene rings is 1. The molecule has 3 aliphatic heterocycles. The number of alkyl carbamates (subject to hydrolysis) is 1. The number of hydrogen-bond acceptors (Lipinski definition) is 8. The van der Waals surface area contributed by atoms with Crippen molar-refractivity contribution in [3.05, 3.63) is 47.3 Å². The second kappa shape index (κ2) is 12.7. The molecule has 1 aliphatic carbocycles. The minimum Gasteiger partial charge on any atom is -0.479 e. The lowest BCUT2D eigenvalue weighted by atomic mass is 10.1. The van der Waals surface area contributed by atoms with Crippen molar-refractivity contribution in [1.82, 2.24) is 20.4 Å². The maximum absolute atomic E-state index is 14.3. The third kappa shape index (κ3) is 7.21. The van der Waals surface area contributed by atoms with Gasteiger partial charge in [0, 0.05) is 31.1 Å². The van der Waals surface area contributed by atoms with Gasteiger partial charge >= 0.3 is 18.2 Å². The molecule has 13 nitrogen and oxygen atoms in total. The van der Waals surface area contributed by atoms with Crippen molar-refractivity contribution in [2.75, 3.05) is 19.8 Å². The van der Waals surface area contributed by atoms with Crippen LogP contribution < -0.4 is 10.6 Å². The van der Waals surface area contributed by atoms with Gasteiger partial charge in [-0.25, -0.2) is 18.8 Å². The van der Waals surface area contributed by atoms with E-state index in [1.165, 1.54) is 15.9 Å². The normalized spacial score (nSPS) is 29.2. The second-order valence-corrected chi connectivity index (χ2v) is 12.9. The van der Waals surface area contributed by atoms with E-state index < -0.39 is 71.0 Å². The molecular weight excluding hydrogens is 591 g/mol. The molecule has 5 rings (SSSR count). The van der Waals surface area contributed by atoms with Gasteiger partial charge in [-0.2, -0.15) is 0 Å². The first kappa shape index (κ1) is 32.2. The van der Waals surface area contributed by atoms with E-state index in [0.29, 0.717) is 17.5 Å². The van der Waals surface area contributed by atoms with Gasteiger partial charge in [0.2, 0.25) is 11.8 Å². The predicted octanol–water partition coefficient (Wildman–Crippen LogP) is 2.47. The molecule has 0 spiro atoms. The molecule has 0 radical (unpaired) electrons. The molecule has 3 N–H and O–H groups in total. The zero-order valence-electron chi connectivity index (χ0n) is 25.5. The van der Waals surface area contributed by atoms with Crippen molar-refractivity contribution in [3.63, 3.8) is 0 Å². The molecule has 1 saturated carbocycles. The molecule has 1 unspecified atom stereocenters. The van der Waals surface area contributed by atoms with E-state index in [1.54, 1.807) is 45.1 Å². The van der Waals surface area contributed by atoms with Gasteiger partial charge in [-0.3, -0.25) is 14.5 Å². The number of carbonyl (C=O) groups excluding carboxylic acids is 4. The number of carboxylic acids is 1. The van der Waals surface area contributed by atoms with Crippen molar-refractivity contribution in [2.45, 2.75) is 88.9 Å². The van der Waals surface area contributed by atoms with Crippen LogP contribution in [0.5, 0.6) is 0 Å². The third-order valence-corrected chi connectivity index (χ3v) is 8.40. The Balaban J connectivity index is 1.37. The molecule has 5 atom stereocenters. The standard InChI is InChI=1S/C31H39FN4O9/c1-30(2,3)45-28(41)33-23-10-6-12-43-11-5-8-19-14-31(19,27(39)40)34-25(37)24-13-20(16-36(24)26(23)38)44-29(42)35-15-18-7-4-9-22(32)21(18)17-35/h4-5,7-9,19-20,23-24H,6,10-17H2,1-3H3,(H,33,41)(H,34,37)(H,39,40)/b8-5-/t19-,20-,23+,24?,31-/m1/s1. The largest absolute Gasteiger partial charge is 0.479 e. The Morgan fingerprint density at radius 3 is 2.69 bits per heavy atom. The zero-order chi connectivity index (χ0) is 32.5. The SMILES string of the molecule is CC(C)(C)OC(=O)N[C@H]1CCCOC/C=C\[C@@H]2C[C@@]2(C(=O)O)NC(=O)C2C[C@@H](OC(=O)N3Cc4cccc(F)c4C3)CN2C1=O. The number of ether oxygens (including phenoxy) is 3. The molecule has 4 amide bonds. The Hall–Kier alpha value is -4.20. The van der Waals surface area contributed by atoms with Gasteiger partial charge in [0.05, 0.1) is 19.7 Å². The fraction of sp³-hybridized carbons (Fsp3) is 0.581. The van der Waals surface area contributed by atoms with E-state index in [-0.39, 0.29) is 52.1 Å². The first-order chi connectivity index (χ1) is 21.3. The van der Waals surface area contributed by atoms with Crippen LogP contribution in [0.15, 0.2) is 30.4 Å². The highest BCUT2D eigenvalue weighted by molar-refractivity contribution is 5.96. The zero-order valence-corrected chi connectivity index (χ0v) is 25.5. The van der Waals surface area contributed by atoms with Gasteiger partial charge < -0.3 is 34.9 Å².